The van der Waals surface area contributed by atoms with Gasteiger partial charge in [0.05, 0.1) is 43.0 Å². The standard InChI is InChI=1S/C48H78O19/c1-19-11-12-48(14-13-46(7)22(28(48)20(19)2)9-10-27-45(6)15-24(51)39(60)44(4,5)38(45)23(50)16-47(27,46)8)43(61)67-42-35(58)32(55)30(53)26(65-42)18-62-40-36(59)33(56)37(25(17-49)64-40)66-41-34(57)31(54)29(52)21(3)63-41/h9,19-21,23-42,49-60H,10-18H2,1-8H3/t19-,20+,21+,23-,24-,25-,26-,27-,28+,29+,30-,31-,32+,33-,34-,35-,36-,37-,38?,39+,40-,41+,42+,45-,46-,47-,48+/m1/s1. The highest BCUT2D eigenvalue weighted by molar-refractivity contribution is 5.79. The lowest BCUT2D eigenvalue weighted by Gasteiger charge is -2.72. The zero-order valence-corrected chi connectivity index (χ0v) is 39.9. The average molecular weight is 959 g/mol. The van der Waals surface area contributed by atoms with Crippen LogP contribution in [0.4, 0.5) is 0 Å². The van der Waals surface area contributed by atoms with Gasteiger partial charge >= 0.3 is 5.97 Å². The maximum Gasteiger partial charge on any atom is 0.315 e. The molecule has 19 heteroatoms. The Morgan fingerprint density at radius 2 is 1.33 bits per heavy atom. The van der Waals surface area contributed by atoms with Crippen molar-refractivity contribution in [2.45, 2.75) is 211 Å². The first kappa shape index (κ1) is 51.9. The summed E-state index contributed by atoms with van der Waals surface area (Å²) in [6.07, 6.45) is -21.1. The smallest absolute Gasteiger partial charge is 0.315 e. The summed E-state index contributed by atoms with van der Waals surface area (Å²) >= 11 is 0. The number of allylic oxidation sites excluding steroid dienone is 2. The molecule has 384 valence electrons. The molecule has 0 spiro atoms. The van der Waals surface area contributed by atoms with Crippen LogP contribution in [0.3, 0.4) is 0 Å². The topological polar surface area (TPSA) is 315 Å². The first-order chi connectivity index (χ1) is 31.2. The fourth-order valence-electron chi connectivity index (χ4n) is 15.4. The van der Waals surface area contributed by atoms with E-state index in [1.54, 1.807) is 0 Å². The van der Waals surface area contributed by atoms with Crippen molar-refractivity contribution in [3.8, 4) is 0 Å². The molecule has 4 saturated carbocycles. The SMILES string of the molecule is C[C@H]1[C@H](C)CC[C@]2(C(=O)O[C@@H]3O[C@H](CO[C@@H]4O[C@H](CO)[C@@H](O[C@@H]5O[C@@H](C)[C@H](O)[C@@H](O)[C@H]5O)[C@H](O)[C@H]4O)[C@@H](O)[C@H](O)[C@H]3O)CC[C@]3(C)C(=CC[C@@H]4[C@@]5(C)C[C@@H](O)[C@H](O)C(C)(C)C5[C@H](O)C[C@]43C)[C@H]12. The number of fused-ring (bicyclic) bond motifs is 7. The van der Waals surface area contributed by atoms with Gasteiger partial charge in [0, 0.05) is 0 Å². The van der Waals surface area contributed by atoms with Crippen molar-refractivity contribution in [3.63, 3.8) is 0 Å². The average Bonchev–Trinajstić information content (AvgIpc) is 3.26. The van der Waals surface area contributed by atoms with Crippen LogP contribution in [0, 0.1) is 56.7 Å². The number of hydrogen-bond acceptors (Lipinski definition) is 19. The van der Waals surface area contributed by atoms with Crippen LogP contribution in [0.2, 0.25) is 0 Å². The molecule has 12 N–H and O–H groups in total. The molecule has 5 aliphatic carbocycles. The number of carbonyl (C=O) groups is 1. The summed E-state index contributed by atoms with van der Waals surface area (Å²) in [6.45, 7) is 14.9. The summed E-state index contributed by atoms with van der Waals surface area (Å²) in [7, 11) is 0. The summed E-state index contributed by atoms with van der Waals surface area (Å²) in [4.78, 5) is 15.0. The lowest BCUT2D eigenvalue weighted by Crippen LogP contribution is -2.70. The number of carbonyl (C=O) groups excluding carboxylic acids is 1. The van der Waals surface area contributed by atoms with Crippen LogP contribution in [0.5, 0.6) is 0 Å². The third-order valence-corrected chi connectivity index (χ3v) is 19.5. The zero-order chi connectivity index (χ0) is 49.2. The van der Waals surface area contributed by atoms with E-state index in [-0.39, 0.29) is 29.6 Å². The highest BCUT2D eigenvalue weighted by Crippen LogP contribution is 2.76. The molecular weight excluding hydrogens is 881 g/mol. The Kier molecular flexibility index (Phi) is 14.1. The summed E-state index contributed by atoms with van der Waals surface area (Å²) in [5, 5.41) is 131. The van der Waals surface area contributed by atoms with Crippen LogP contribution in [0.15, 0.2) is 11.6 Å². The van der Waals surface area contributed by atoms with Crippen molar-refractivity contribution >= 4 is 5.97 Å². The Bertz CT molecular complexity index is 1830. The van der Waals surface area contributed by atoms with Crippen LogP contribution in [-0.2, 0) is 33.2 Å². The molecule has 1 unspecified atom stereocenters. The van der Waals surface area contributed by atoms with Gasteiger partial charge in [-0.1, -0.05) is 60.1 Å². The molecule has 3 aliphatic heterocycles. The van der Waals surface area contributed by atoms with Gasteiger partial charge in [-0.25, -0.2) is 0 Å². The van der Waals surface area contributed by atoms with Crippen LogP contribution in [-0.4, -0.2) is 191 Å². The van der Waals surface area contributed by atoms with E-state index in [0.29, 0.717) is 38.5 Å². The number of aliphatic hydroxyl groups is 12. The Morgan fingerprint density at radius 3 is 2.00 bits per heavy atom. The molecule has 3 heterocycles. The highest BCUT2D eigenvalue weighted by Gasteiger charge is 2.72. The molecular formula is C48H78O19. The summed E-state index contributed by atoms with van der Waals surface area (Å²) < 4.78 is 34.7. The van der Waals surface area contributed by atoms with Gasteiger partial charge in [-0.05, 0) is 103 Å². The molecule has 0 aromatic carbocycles. The van der Waals surface area contributed by atoms with E-state index in [1.807, 2.05) is 13.8 Å². The largest absolute Gasteiger partial charge is 0.432 e. The molecule has 0 aromatic heterocycles. The van der Waals surface area contributed by atoms with Crippen LogP contribution >= 0.6 is 0 Å². The second-order valence-electron chi connectivity index (χ2n) is 23.2. The molecule has 27 atom stereocenters. The Hall–Kier alpha value is -1.47. The normalized spacial score (nSPS) is 56.4. The second-order valence-corrected chi connectivity index (χ2v) is 23.2. The quantitative estimate of drug-likeness (QED) is 0.102. The maximum absolute atomic E-state index is 15.0. The molecule has 8 aliphatic rings. The minimum Gasteiger partial charge on any atom is -0.432 e. The highest BCUT2D eigenvalue weighted by atomic mass is 16.8. The summed E-state index contributed by atoms with van der Waals surface area (Å²) in [5.74, 6) is -0.831. The molecule has 67 heavy (non-hydrogen) atoms. The van der Waals surface area contributed by atoms with E-state index in [0.717, 1.165) is 12.0 Å². The first-order valence-electron chi connectivity index (χ1n) is 24.5. The minimum absolute atomic E-state index is 0.0221. The third-order valence-electron chi connectivity index (χ3n) is 19.5. The van der Waals surface area contributed by atoms with Crippen molar-refractivity contribution < 1.29 is 94.5 Å². The zero-order valence-electron chi connectivity index (χ0n) is 39.9. The number of aliphatic hydroxyl groups excluding tert-OH is 12. The second kappa shape index (κ2) is 18.2. The molecule has 0 bridgehead atoms. The maximum atomic E-state index is 15.0. The number of esters is 1. The van der Waals surface area contributed by atoms with Gasteiger partial charge in [-0.15, -0.1) is 0 Å². The van der Waals surface area contributed by atoms with Gasteiger partial charge in [0.25, 0.3) is 0 Å². The molecule has 8 rings (SSSR count). The lowest BCUT2D eigenvalue weighted by molar-refractivity contribution is -0.361. The van der Waals surface area contributed by atoms with Gasteiger partial charge < -0.3 is 89.7 Å². The van der Waals surface area contributed by atoms with E-state index in [9.17, 15) is 61.3 Å². The van der Waals surface area contributed by atoms with Crippen molar-refractivity contribution in [3.05, 3.63) is 11.6 Å². The Labute approximate surface area is 392 Å². The van der Waals surface area contributed by atoms with E-state index in [2.05, 4.69) is 40.7 Å². The fraction of sp³-hybridized carbons (Fsp3) is 0.938. The van der Waals surface area contributed by atoms with Gasteiger partial charge in [-0.2, -0.15) is 0 Å². The molecule has 19 nitrogen and oxygen atoms in total. The van der Waals surface area contributed by atoms with Crippen LogP contribution < -0.4 is 0 Å². The minimum atomic E-state index is -1.87. The van der Waals surface area contributed by atoms with Gasteiger partial charge in [0.1, 0.15) is 67.1 Å². The Balaban J connectivity index is 0.990. The predicted octanol–water partition coefficient (Wildman–Crippen LogP) is -1.03. The van der Waals surface area contributed by atoms with E-state index in [1.165, 1.54) is 6.92 Å². The monoisotopic (exact) mass is 959 g/mol. The molecule has 0 amide bonds. The van der Waals surface area contributed by atoms with Gasteiger partial charge in [0.15, 0.2) is 12.6 Å². The fourth-order valence-corrected chi connectivity index (χ4v) is 15.4. The molecule has 0 radical (unpaired) electrons. The van der Waals surface area contributed by atoms with Crippen LogP contribution in [0.25, 0.3) is 0 Å². The molecule has 0 aromatic rings. The Morgan fingerprint density at radius 1 is 0.701 bits per heavy atom. The van der Waals surface area contributed by atoms with Crippen molar-refractivity contribution in [2.24, 2.45) is 56.7 Å². The number of rotatable bonds is 8. The van der Waals surface area contributed by atoms with Gasteiger partial charge in [-0.3, -0.25) is 4.79 Å². The number of ether oxygens (including phenoxy) is 6. The van der Waals surface area contributed by atoms with Crippen LogP contribution in [0.1, 0.15) is 100 Å². The van der Waals surface area contributed by atoms with E-state index in [4.69, 9.17) is 28.4 Å². The van der Waals surface area contributed by atoms with Crippen molar-refractivity contribution in [2.75, 3.05) is 13.2 Å². The van der Waals surface area contributed by atoms with E-state index >= 15 is 4.79 Å². The van der Waals surface area contributed by atoms with E-state index < -0.39 is 157 Å². The predicted molar refractivity (Wildman–Crippen MR) is 231 cm³/mol. The third kappa shape index (κ3) is 7.92. The lowest BCUT2D eigenvalue weighted by atomic mass is 9.32. The first-order valence-corrected chi connectivity index (χ1v) is 24.5. The summed E-state index contributed by atoms with van der Waals surface area (Å²) in [6, 6.07) is 0. The summed E-state index contributed by atoms with van der Waals surface area (Å²) in [5.41, 5.74) is -2.05. The molecule has 3 saturated heterocycles. The van der Waals surface area contributed by atoms with Crippen molar-refractivity contribution in [1.29, 1.82) is 0 Å². The van der Waals surface area contributed by atoms with Gasteiger partial charge in [0.2, 0.25) is 6.29 Å². The van der Waals surface area contributed by atoms with Crippen molar-refractivity contribution in [1.82, 2.24) is 0 Å². The molecule has 7 fully saturated rings. The number of hydrogen-bond donors (Lipinski definition) is 12.